The molecule has 3 N–H and O–H groups in total. The first-order valence-corrected chi connectivity index (χ1v) is 17.8. The number of hydrogen-bond acceptors (Lipinski definition) is 8. The minimum atomic E-state index is -4.52. The fourth-order valence-electron chi connectivity index (χ4n) is 6.07. The summed E-state index contributed by atoms with van der Waals surface area (Å²) in [7, 11) is -3.06. The van der Waals surface area contributed by atoms with Gasteiger partial charge in [0.05, 0.1) is 18.6 Å². The average molecular weight is 700 g/mol. The van der Waals surface area contributed by atoms with Crippen molar-refractivity contribution >= 4 is 38.6 Å². The molecule has 0 spiro atoms. The summed E-state index contributed by atoms with van der Waals surface area (Å²) >= 11 is 0. The average Bonchev–Trinajstić information content (AvgIpc) is 3.77. The Labute approximate surface area is 291 Å². The molecule has 0 aliphatic carbocycles. The minimum Gasteiger partial charge on any atom is -0.381 e. The first kappa shape index (κ1) is 36.0. The molecule has 0 aliphatic heterocycles. The highest BCUT2D eigenvalue weighted by Gasteiger charge is 2.43. The van der Waals surface area contributed by atoms with E-state index in [1.54, 1.807) is 55.6 Å². The number of carbonyl (C=O) groups excluding carboxylic acids is 3. The molecule has 5 aromatic rings. The van der Waals surface area contributed by atoms with Crippen molar-refractivity contribution in [1.29, 1.82) is 0 Å². The Kier molecular flexibility index (Phi) is 11.2. The van der Waals surface area contributed by atoms with Gasteiger partial charge in [-0.2, -0.15) is 0 Å². The molecular formula is C37H41N5O7S. The molecule has 0 fully saturated rings. The van der Waals surface area contributed by atoms with Gasteiger partial charge in [0.25, 0.3) is 11.8 Å². The molecule has 3 amide bonds. The largest absolute Gasteiger partial charge is 0.381 e. The van der Waals surface area contributed by atoms with Crippen LogP contribution in [0.3, 0.4) is 0 Å². The van der Waals surface area contributed by atoms with Crippen molar-refractivity contribution < 1.29 is 32.1 Å². The van der Waals surface area contributed by atoms with Crippen molar-refractivity contribution in [3.05, 3.63) is 113 Å². The lowest BCUT2D eigenvalue weighted by atomic mass is 9.99. The number of nitrogens with one attached hydrogen (secondary N) is 1. The zero-order valence-corrected chi connectivity index (χ0v) is 29.3. The number of rotatable bonds is 15. The second kappa shape index (κ2) is 15.5. The number of fused-ring (bicyclic) bond motifs is 1. The van der Waals surface area contributed by atoms with Crippen molar-refractivity contribution in [3.63, 3.8) is 0 Å². The maximum absolute atomic E-state index is 14.9. The molecule has 2 aromatic heterocycles. The van der Waals surface area contributed by atoms with E-state index in [2.05, 4.69) is 10.1 Å². The second-order valence-electron chi connectivity index (χ2n) is 12.2. The number of likely N-dealkylation sites (N-methyl/N-ethyl adjacent to an activating group) is 1. The molecule has 262 valence electrons. The van der Waals surface area contributed by atoms with Gasteiger partial charge >= 0.3 is 0 Å². The van der Waals surface area contributed by atoms with Gasteiger partial charge in [-0.15, -0.1) is 0 Å². The van der Waals surface area contributed by atoms with Gasteiger partial charge in [0.15, 0.2) is 5.76 Å². The number of para-hydroxylation sites is 1. The molecule has 5 rings (SSSR count). The van der Waals surface area contributed by atoms with Crippen LogP contribution in [0.2, 0.25) is 0 Å². The van der Waals surface area contributed by atoms with Crippen molar-refractivity contribution in [2.75, 3.05) is 26.0 Å². The summed E-state index contributed by atoms with van der Waals surface area (Å²) < 4.78 is 39.5. The quantitative estimate of drug-likeness (QED) is 0.152. The lowest BCUT2D eigenvalue weighted by Gasteiger charge is -2.35. The van der Waals surface area contributed by atoms with Crippen LogP contribution in [0.25, 0.3) is 22.2 Å². The number of sulfonamides is 1. The third kappa shape index (κ3) is 8.12. The van der Waals surface area contributed by atoms with E-state index in [4.69, 9.17) is 15.0 Å². The van der Waals surface area contributed by atoms with Crippen LogP contribution in [0.15, 0.2) is 89.7 Å². The zero-order chi connectivity index (χ0) is 36.0. The van der Waals surface area contributed by atoms with Gasteiger partial charge in [-0.25, -0.2) is 12.7 Å². The topological polar surface area (TPSA) is 169 Å². The van der Waals surface area contributed by atoms with Crippen LogP contribution >= 0.6 is 0 Å². The number of nitrogens with two attached hydrogens (primary N) is 1. The third-order valence-electron chi connectivity index (χ3n) is 8.55. The van der Waals surface area contributed by atoms with Gasteiger partial charge in [-0.1, -0.05) is 64.8 Å². The maximum Gasteiger partial charge on any atom is 0.259 e. The Hall–Kier alpha value is -5.27. The molecule has 0 bridgehead atoms. The highest BCUT2D eigenvalue weighted by Crippen LogP contribution is 2.26. The molecule has 0 saturated heterocycles. The summed E-state index contributed by atoms with van der Waals surface area (Å²) in [5, 5.41) is 4.50. The van der Waals surface area contributed by atoms with Crippen molar-refractivity contribution in [1.82, 2.24) is 19.3 Å². The van der Waals surface area contributed by atoms with Crippen molar-refractivity contribution in [2.45, 2.75) is 45.7 Å². The number of ether oxygens (including phenoxy) is 1. The molecule has 0 aliphatic rings. The Morgan fingerprint density at radius 3 is 2.30 bits per heavy atom. The lowest BCUT2D eigenvalue weighted by molar-refractivity contribution is -0.137. The molecule has 0 unspecified atom stereocenters. The van der Waals surface area contributed by atoms with Gasteiger partial charge in [-0.05, 0) is 50.1 Å². The molecule has 0 saturated carbocycles. The van der Waals surface area contributed by atoms with Crippen molar-refractivity contribution in [2.24, 2.45) is 5.73 Å². The van der Waals surface area contributed by atoms with Gasteiger partial charge in [-0.3, -0.25) is 14.4 Å². The number of aromatic nitrogens is 2. The van der Waals surface area contributed by atoms with E-state index in [1.165, 1.54) is 18.1 Å². The summed E-state index contributed by atoms with van der Waals surface area (Å²) in [5.41, 5.74) is 10.7. The van der Waals surface area contributed by atoms with Crippen LogP contribution in [-0.2, 0) is 37.2 Å². The highest BCUT2D eigenvalue weighted by molar-refractivity contribution is 7.89. The first-order valence-electron chi connectivity index (χ1n) is 16.2. The van der Waals surface area contributed by atoms with Gasteiger partial charge < -0.3 is 24.9 Å². The number of H-pyrrole nitrogens is 1. The minimum absolute atomic E-state index is 0.0708. The normalized spacial score (nSPS) is 12.8. The van der Waals surface area contributed by atoms with E-state index in [0.717, 1.165) is 27.6 Å². The summed E-state index contributed by atoms with van der Waals surface area (Å²) in [6, 6.07) is 18.5. The predicted octanol–water partition coefficient (Wildman–Crippen LogP) is 4.41. The van der Waals surface area contributed by atoms with Gasteiger partial charge in [0.1, 0.15) is 12.1 Å². The number of amides is 3. The van der Waals surface area contributed by atoms with Crippen LogP contribution in [-0.4, -0.2) is 83.6 Å². The maximum atomic E-state index is 14.9. The summed E-state index contributed by atoms with van der Waals surface area (Å²) in [6.07, 6.45) is 2.93. The molecule has 12 nitrogen and oxygen atoms in total. The van der Waals surface area contributed by atoms with E-state index < -0.39 is 45.6 Å². The van der Waals surface area contributed by atoms with E-state index >= 15 is 0 Å². The predicted molar refractivity (Wildman–Crippen MR) is 190 cm³/mol. The Morgan fingerprint density at radius 2 is 1.66 bits per heavy atom. The Bertz CT molecular complexity index is 2050. The van der Waals surface area contributed by atoms with E-state index in [1.807, 2.05) is 44.2 Å². The number of carbonyl (C=O) groups is 3. The van der Waals surface area contributed by atoms with Gasteiger partial charge in [0.2, 0.25) is 15.9 Å². The molecule has 3 aromatic carbocycles. The summed E-state index contributed by atoms with van der Waals surface area (Å²) in [6.45, 7) is 5.47. The second-order valence-corrected chi connectivity index (χ2v) is 14.2. The summed E-state index contributed by atoms with van der Waals surface area (Å²) in [4.78, 5) is 46.6. The van der Waals surface area contributed by atoms with E-state index in [-0.39, 0.29) is 26.1 Å². The standard InChI is InChI=1S/C37H41N5O7S/c1-5-48-16-17-50(46,47)42(32(35(38)43)22-29-23-39-31-9-7-6-8-30(29)31)37(45)33(41(4)36(44)28-19-24(2)18-25(3)20-28)21-26-10-12-27(13-11-26)34-14-15-40-49-34/h6-15,18-20,23,32-33,39H,5,16-17,21-22H2,1-4H3,(H2,38,43)/t32-,33-/m0/s1. The Balaban J connectivity index is 1.59. The first-order chi connectivity index (χ1) is 23.9. The van der Waals surface area contributed by atoms with Crippen molar-refractivity contribution in [3.8, 4) is 11.3 Å². The van der Waals surface area contributed by atoms with Crippen LogP contribution < -0.4 is 5.73 Å². The van der Waals surface area contributed by atoms with E-state index in [9.17, 15) is 22.8 Å². The molecule has 2 atom stereocenters. The smallest absolute Gasteiger partial charge is 0.259 e. The molecule has 50 heavy (non-hydrogen) atoms. The van der Waals surface area contributed by atoms with Gasteiger partial charge in [0, 0.05) is 60.8 Å². The van der Waals surface area contributed by atoms with Crippen LogP contribution in [0, 0.1) is 13.8 Å². The molecule has 13 heteroatoms. The zero-order valence-electron chi connectivity index (χ0n) is 28.5. The molecule has 2 heterocycles. The van der Waals surface area contributed by atoms with Crippen LogP contribution in [0.1, 0.15) is 39.5 Å². The molecule has 0 radical (unpaired) electrons. The number of hydrogen-bond donors (Lipinski definition) is 2. The van der Waals surface area contributed by atoms with E-state index in [0.29, 0.717) is 26.8 Å². The van der Waals surface area contributed by atoms with Crippen LogP contribution in [0.5, 0.6) is 0 Å². The van der Waals surface area contributed by atoms with Crippen LogP contribution in [0.4, 0.5) is 0 Å². The number of aryl methyl sites for hydroxylation is 2. The number of benzene rings is 3. The fraction of sp³-hybridized carbons (Fsp3) is 0.297. The number of nitrogens with zero attached hydrogens (tertiary/aromatic N) is 3. The monoisotopic (exact) mass is 699 g/mol. The fourth-order valence-corrected chi connectivity index (χ4v) is 7.56. The third-order valence-corrected chi connectivity index (χ3v) is 10.3. The highest BCUT2D eigenvalue weighted by atomic mass is 32.2. The number of aromatic amines is 1. The summed E-state index contributed by atoms with van der Waals surface area (Å²) in [5.74, 6) is -2.52. The molecular weight excluding hydrogens is 659 g/mol. The SMILES string of the molecule is CCOCCS(=O)(=O)N(C(=O)[C@H](Cc1ccc(-c2ccno2)cc1)N(C)C(=O)c1cc(C)cc(C)c1)[C@@H](Cc1c[nH]c2ccccc12)C(N)=O. The lowest BCUT2D eigenvalue weighted by Crippen LogP contribution is -2.59. The number of primary amides is 1. The Morgan fingerprint density at radius 1 is 0.960 bits per heavy atom.